The Morgan fingerprint density at radius 2 is 1.73 bits per heavy atom. The average molecular weight is 560 g/mol. The predicted octanol–water partition coefficient (Wildman–Crippen LogP) is 5.20. The fraction of sp³-hybridized carbons (Fsp3) is 0.875. The van der Waals surface area contributed by atoms with Crippen molar-refractivity contribution in [1.29, 1.82) is 0 Å². The topological polar surface area (TPSA) is 86.8 Å². The smallest absolute Gasteiger partial charge is 0.409 e. The van der Waals surface area contributed by atoms with Gasteiger partial charge in [-0.2, -0.15) is 0 Å². The first kappa shape index (κ1) is 28.5. The molecule has 2 saturated heterocycles. The maximum absolute atomic E-state index is 13.0. The molecule has 2 heterocycles. The fourth-order valence-corrected chi connectivity index (χ4v) is 9.74. The molecule has 8 nitrogen and oxygen atoms in total. The van der Waals surface area contributed by atoms with Crippen LogP contribution in [0.15, 0.2) is 11.6 Å². The van der Waals surface area contributed by atoms with Crippen LogP contribution in [0, 0.1) is 45.8 Å². The van der Waals surface area contributed by atoms with Gasteiger partial charge in [-0.1, -0.05) is 40.2 Å². The van der Waals surface area contributed by atoms with Gasteiger partial charge in [0.15, 0.2) is 6.29 Å². The Labute approximate surface area is 239 Å². The molecular formula is C32H49NO7. The van der Waals surface area contributed by atoms with E-state index in [0.29, 0.717) is 30.1 Å². The normalized spacial score (nSPS) is 46.0. The standard InChI is InChI=1S/C32H49NO7/c1-17(28-36-15-30(3,4)16-37-28)20-9-10-21-25-22(11-12-31(20,21)5)32(6)19(13-23(25)39-29(35)33(7)8)14-24(38-18(2)34)26-27(32)40-26/h13,17,20-28H,9-12,14-16H2,1-8H3/t17?,20-,21?,22?,23-,24-,25?,26+,27+,31-,32+/m1/s1. The Balaban J connectivity index is 1.31. The Bertz CT molecular complexity index is 1060. The summed E-state index contributed by atoms with van der Waals surface area (Å²) in [5, 5.41) is 0. The summed E-state index contributed by atoms with van der Waals surface area (Å²) in [6.07, 6.45) is 6.27. The van der Waals surface area contributed by atoms with Gasteiger partial charge < -0.3 is 28.6 Å². The quantitative estimate of drug-likeness (QED) is 0.266. The van der Waals surface area contributed by atoms with Crippen LogP contribution >= 0.6 is 0 Å². The number of carbonyl (C=O) groups excluding carboxylic acids is 2. The average Bonchev–Trinajstić information content (AvgIpc) is 3.61. The molecule has 5 fully saturated rings. The summed E-state index contributed by atoms with van der Waals surface area (Å²) < 4.78 is 30.8. The molecule has 0 aromatic heterocycles. The number of fused-ring (bicyclic) bond motifs is 7. The van der Waals surface area contributed by atoms with Crippen molar-refractivity contribution in [2.24, 2.45) is 45.8 Å². The highest BCUT2D eigenvalue weighted by atomic mass is 16.7. The number of hydrogen-bond acceptors (Lipinski definition) is 7. The van der Waals surface area contributed by atoms with Crippen LogP contribution in [-0.4, -0.2) is 75.0 Å². The molecule has 0 aromatic rings. The number of amides is 1. The second-order valence-corrected chi connectivity index (χ2v) is 15.1. The molecule has 40 heavy (non-hydrogen) atoms. The van der Waals surface area contributed by atoms with Gasteiger partial charge in [0.05, 0.1) is 19.3 Å². The van der Waals surface area contributed by atoms with Crippen molar-refractivity contribution in [3.05, 3.63) is 11.6 Å². The molecule has 0 spiro atoms. The lowest BCUT2D eigenvalue weighted by Gasteiger charge is -2.59. The van der Waals surface area contributed by atoms with Gasteiger partial charge >= 0.3 is 12.1 Å². The molecule has 0 radical (unpaired) electrons. The van der Waals surface area contributed by atoms with Gasteiger partial charge in [-0.15, -0.1) is 0 Å². The fourth-order valence-electron chi connectivity index (χ4n) is 9.74. The van der Waals surface area contributed by atoms with Gasteiger partial charge in [0.1, 0.15) is 18.3 Å². The number of epoxide rings is 1. The summed E-state index contributed by atoms with van der Waals surface area (Å²) in [6, 6.07) is 0. The zero-order chi connectivity index (χ0) is 28.8. The zero-order valence-corrected chi connectivity index (χ0v) is 25.6. The second kappa shape index (κ2) is 9.70. The molecule has 224 valence electrons. The van der Waals surface area contributed by atoms with Crippen molar-refractivity contribution in [2.75, 3.05) is 27.3 Å². The van der Waals surface area contributed by atoms with Crippen LogP contribution in [0.3, 0.4) is 0 Å². The molecule has 8 heteroatoms. The summed E-state index contributed by atoms with van der Waals surface area (Å²) >= 11 is 0. The molecule has 6 aliphatic rings. The number of esters is 1. The van der Waals surface area contributed by atoms with Gasteiger partial charge in [0, 0.05) is 50.1 Å². The van der Waals surface area contributed by atoms with Crippen molar-refractivity contribution in [3.8, 4) is 0 Å². The van der Waals surface area contributed by atoms with E-state index in [1.807, 2.05) is 0 Å². The van der Waals surface area contributed by atoms with Crippen LogP contribution < -0.4 is 0 Å². The van der Waals surface area contributed by atoms with Crippen LogP contribution in [0.4, 0.5) is 4.79 Å². The second-order valence-electron chi connectivity index (χ2n) is 15.1. The van der Waals surface area contributed by atoms with Crippen molar-refractivity contribution < 1.29 is 33.3 Å². The van der Waals surface area contributed by atoms with Crippen LogP contribution in [0.25, 0.3) is 0 Å². The summed E-state index contributed by atoms with van der Waals surface area (Å²) in [5.41, 5.74) is 1.26. The highest BCUT2D eigenvalue weighted by Gasteiger charge is 2.70. The van der Waals surface area contributed by atoms with Gasteiger partial charge in [-0.3, -0.25) is 4.79 Å². The van der Waals surface area contributed by atoms with Crippen molar-refractivity contribution >= 4 is 12.1 Å². The van der Waals surface area contributed by atoms with E-state index < -0.39 is 0 Å². The van der Waals surface area contributed by atoms with E-state index in [-0.39, 0.29) is 64.9 Å². The molecule has 1 amide bonds. The van der Waals surface area contributed by atoms with Crippen LogP contribution in [0.2, 0.25) is 0 Å². The van der Waals surface area contributed by atoms with E-state index in [1.54, 1.807) is 14.1 Å². The first-order valence-electron chi connectivity index (χ1n) is 15.4. The van der Waals surface area contributed by atoms with Crippen LogP contribution in [0.1, 0.15) is 73.6 Å². The number of rotatable bonds is 4. The molecule has 0 bridgehead atoms. The maximum atomic E-state index is 13.0. The van der Waals surface area contributed by atoms with Crippen molar-refractivity contribution in [3.63, 3.8) is 0 Å². The predicted molar refractivity (Wildman–Crippen MR) is 148 cm³/mol. The van der Waals surface area contributed by atoms with Crippen molar-refractivity contribution in [2.45, 2.75) is 104 Å². The van der Waals surface area contributed by atoms with Crippen molar-refractivity contribution in [1.82, 2.24) is 4.90 Å². The Morgan fingerprint density at radius 3 is 2.38 bits per heavy atom. The Kier molecular flexibility index (Phi) is 6.91. The molecule has 6 rings (SSSR count). The highest BCUT2D eigenvalue weighted by Crippen LogP contribution is 2.70. The first-order chi connectivity index (χ1) is 18.8. The number of ether oxygens (including phenoxy) is 5. The van der Waals surface area contributed by atoms with Crippen LogP contribution in [0.5, 0.6) is 0 Å². The minimum atomic E-state index is -0.307. The van der Waals surface area contributed by atoms with E-state index in [4.69, 9.17) is 23.7 Å². The summed E-state index contributed by atoms with van der Waals surface area (Å²) in [7, 11) is 3.48. The summed E-state index contributed by atoms with van der Waals surface area (Å²) in [4.78, 5) is 26.3. The Morgan fingerprint density at radius 1 is 1.02 bits per heavy atom. The number of carbonyl (C=O) groups is 2. The largest absolute Gasteiger partial charge is 0.459 e. The van der Waals surface area contributed by atoms with E-state index in [9.17, 15) is 9.59 Å². The number of hydrogen-bond donors (Lipinski definition) is 0. The maximum Gasteiger partial charge on any atom is 0.409 e. The van der Waals surface area contributed by atoms with E-state index >= 15 is 0 Å². The summed E-state index contributed by atoms with van der Waals surface area (Å²) in [5.74, 6) is 1.49. The lowest BCUT2D eigenvalue weighted by Crippen LogP contribution is -2.58. The third-order valence-corrected chi connectivity index (χ3v) is 11.8. The molecular weight excluding hydrogens is 510 g/mol. The monoisotopic (exact) mass is 559 g/mol. The molecule has 11 atom stereocenters. The summed E-state index contributed by atoms with van der Waals surface area (Å²) in [6.45, 7) is 14.5. The molecule has 4 aliphatic carbocycles. The highest BCUT2D eigenvalue weighted by molar-refractivity contribution is 5.67. The minimum Gasteiger partial charge on any atom is -0.459 e. The number of nitrogens with zero attached hydrogens (tertiary/aromatic N) is 1. The lowest BCUT2D eigenvalue weighted by molar-refractivity contribution is -0.253. The van der Waals surface area contributed by atoms with Gasteiger partial charge in [0.2, 0.25) is 0 Å². The minimum absolute atomic E-state index is 0.0397. The SMILES string of the molecule is CC(=O)O[C@@H]1CC2=C[C@@H](OC(=O)N(C)C)C3C4CC[C@H](C(C)C5OCC(C)(C)CO5)[C@@]4(C)CCC3[C@@]2(C)[C@H]2O[C@@H]12. The lowest BCUT2D eigenvalue weighted by atomic mass is 9.46. The van der Waals surface area contributed by atoms with Gasteiger partial charge in [0.25, 0.3) is 0 Å². The van der Waals surface area contributed by atoms with E-state index in [0.717, 1.165) is 38.9 Å². The molecule has 2 aliphatic heterocycles. The van der Waals surface area contributed by atoms with Gasteiger partial charge in [-0.05, 0) is 54.9 Å². The molecule has 4 unspecified atom stereocenters. The zero-order valence-electron chi connectivity index (χ0n) is 25.6. The van der Waals surface area contributed by atoms with E-state index in [2.05, 4.69) is 40.7 Å². The van der Waals surface area contributed by atoms with Gasteiger partial charge in [-0.25, -0.2) is 4.79 Å². The molecule has 0 aromatic carbocycles. The molecule has 0 N–H and O–H groups in total. The third-order valence-electron chi connectivity index (χ3n) is 11.8. The van der Waals surface area contributed by atoms with Crippen LogP contribution in [-0.2, 0) is 28.5 Å². The third kappa shape index (κ3) is 4.43. The first-order valence-corrected chi connectivity index (χ1v) is 15.4. The Hall–Kier alpha value is -1.64. The molecule has 3 saturated carbocycles. The van der Waals surface area contributed by atoms with E-state index in [1.165, 1.54) is 17.4 Å².